The maximum absolute atomic E-state index is 12.4. The number of hydrogen-bond donors (Lipinski definition) is 2. The van der Waals surface area contributed by atoms with E-state index in [1.54, 1.807) is 18.2 Å². The van der Waals surface area contributed by atoms with E-state index in [-0.39, 0.29) is 17.2 Å². The number of furan rings is 1. The molecule has 30 heavy (non-hydrogen) atoms. The van der Waals surface area contributed by atoms with Gasteiger partial charge >= 0.3 is 0 Å². The van der Waals surface area contributed by atoms with Gasteiger partial charge in [-0.25, -0.2) is 9.61 Å². The van der Waals surface area contributed by atoms with E-state index in [9.17, 15) is 9.59 Å². The van der Waals surface area contributed by atoms with Gasteiger partial charge in [0.05, 0.1) is 12.0 Å². The lowest BCUT2D eigenvalue weighted by Gasteiger charge is -2.07. The molecule has 4 aromatic rings. The van der Waals surface area contributed by atoms with Crippen molar-refractivity contribution in [2.75, 3.05) is 11.1 Å². The van der Waals surface area contributed by atoms with Gasteiger partial charge < -0.3 is 9.73 Å². The molecule has 4 rings (SSSR count). The summed E-state index contributed by atoms with van der Waals surface area (Å²) in [6.45, 7) is 2.16. The Bertz CT molecular complexity index is 1200. The minimum atomic E-state index is -0.364. The molecule has 0 aliphatic heterocycles. The molecule has 0 saturated carbocycles. The Labute approximate surface area is 176 Å². The van der Waals surface area contributed by atoms with Crippen LogP contribution in [0.25, 0.3) is 17.0 Å². The number of unbranched alkanes of at least 4 members (excludes halogenated alkanes) is 1. The molecule has 154 valence electrons. The first-order valence-electron chi connectivity index (χ1n) is 9.68. The molecule has 8 nitrogen and oxygen atoms in total. The predicted octanol–water partition coefficient (Wildman–Crippen LogP) is 3.75. The molecule has 2 N–H and O–H groups in total. The number of carbonyl (C=O) groups excluding carboxylic acids is 1. The summed E-state index contributed by atoms with van der Waals surface area (Å²) in [7, 11) is 0. The fourth-order valence-corrected chi connectivity index (χ4v) is 3.70. The van der Waals surface area contributed by atoms with Crippen LogP contribution in [0.1, 0.15) is 25.3 Å². The third-order valence-corrected chi connectivity index (χ3v) is 5.47. The molecular weight excluding hydrogens is 402 g/mol. The molecule has 0 aliphatic rings. The number of carbonyl (C=O) groups is 1. The largest absolute Gasteiger partial charge is 0.463 e. The summed E-state index contributed by atoms with van der Waals surface area (Å²) in [5.41, 5.74) is 2.50. The molecule has 3 aromatic heterocycles. The van der Waals surface area contributed by atoms with E-state index in [2.05, 4.69) is 27.5 Å². The number of thioether (sulfide) groups is 1. The number of amides is 1. The van der Waals surface area contributed by atoms with Crippen LogP contribution in [0.15, 0.2) is 63.1 Å². The quantitative estimate of drug-likeness (QED) is 0.418. The lowest BCUT2D eigenvalue weighted by atomic mass is 10.1. The van der Waals surface area contributed by atoms with Crippen LogP contribution in [0, 0.1) is 0 Å². The van der Waals surface area contributed by atoms with Crippen molar-refractivity contribution in [3.05, 3.63) is 64.6 Å². The van der Waals surface area contributed by atoms with Crippen LogP contribution in [-0.2, 0) is 11.2 Å². The van der Waals surface area contributed by atoms with Crippen LogP contribution in [0.4, 0.5) is 5.69 Å². The summed E-state index contributed by atoms with van der Waals surface area (Å²) >= 11 is 1.19. The maximum atomic E-state index is 12.4. The number of benzene rings is 1. The van der Waals surface area contributed by atoms with E-state index >= 15 is 0 Å². The highest BCUT2D eigenvalue weighted by Crippen LogP contribution is 2.22. The van der Waals surface area contributed by atoms with Crippen molar-refractivity contribution in [1.29, 1.82) is 0 Å². The van der Waals surface area contributed by atoms with Crippen molar-refractivity contribution in [2.24, 2.45) is 0 Å². The molecule has 0 spiro atoms. The molecule has 3 heterocycles. The number of anilines is 1. The van der Waals surface area contributed by atoms with Crippen LogP contribution >= 0.6 is 11.8 Å². The smallest absolute Gasteiger partial charge is 0.290 e. The van der Waals surface area contributed by atoms with Gasteiger partial charge in [0.15, 0.2) is 5.76 Å². The van der Waals surface area contributed by atoms with Crippen LogP contribution in [-0.4, -0.2) is 31.5 Å². The van der Waals surface area contributed by atoms with Gasteiger partial charge in [0, 0.05) is 11.8 Å². The van der Waals surface area contributed by atoms with E-state index in [0.29, 0.717) is 22.1 Å². The van der Waals surface area contributed by atoms with Crippen LogP contribution in [0.2, 0.25) is 0 Å². The van der Waals surface area contributed by atoms with E-state index in [0.717, 1.165) is 24.9 Å². The number of H-pyrrole nitrogens is 1. The number of nitrogens with one attached hydrogen (secondary N) is 2. The highest BCUT2D eigenvalue weighted by atomic mass is 32.2. The Morgan fingerprint density at radius 3 is 2.83 bits per heavy atom. The van der Waals surface area contributed by atoms with Crippen molar-refractivity contribution in [3.8, 4) is 11.5 Å². The monoisotopic (exact) mass is 423 g/mol. The first-order chi connectivity index (χ1) is 14.6. The van der Waals surface area contributed by atoms with Crippen molar-refractivity contribution >= 4 is 28.9 Å². The Kier molecular flexibility index (Phi) is 5.99. The molecule has 9 heteroatoms. The average molecular weight is 423 g/mol. The fraction of sp³-hybridized carbons (Fsp3) is 0.238. The zero-order valence-corrected chi connectivity index (χ0v) is 17.2. The molecule has 1 aromatic carbocycles. The second-order valence-electron chi connectivity index (χ2n) is 6.78. The molecule has 0 radical (unpaired) electrons. The number of nitrogens with zero attached hydrogens (tertiary/aromatic N) is 3. The fourth-order valence-electron chi connectivity index (χ4n) is 2.99. The Morgan fingerprint density at radius 2 is 2.10 bits per heavy atom. The number of hydrogen-bond acceptors (Lipinski definition) is 6. The molecular formula is C21H21N5O3S. The summed E-state index contributed by atoms with van der Waals surface area (Å²) in [5.74, 6) is 0.511. The third-order valence-electron chi connectivity index (χ3n) is 4.54. The average Bonchev–Trinajstić information content (AvgIpc) is 3.43. The molecule has 1 amide bonds. The number of aryl methyl sites for hydroxylation is 1. The zero-order valence-electron chi connectivity index (χ0n) is 16.4. The first-order valence-corrected chi connectivity index (χ1v) is 10.7. The Hall–Kier alpha value is -3.33. The van der Waals surface area contributed by atoms with Gasteiger partial charge in [-0.05, 0) is 42.7 Å². The summed E-state index contributed by atoms with van der Waals surface area (Å²) in [6.07, 6.45) is 4.88. The Balaban J connectivity index is 1.43. The second kappa shape index (κ2) is 9.00. The summed E-state index contributed by atoms with van der Waals surface area (Å²) in [4.78, 5) is 24.4. The highest BCUT2D eigenvalue weighted by Gasteiger charge is 2.15. The first kappa shape index (κ1) is 20.0. The van der Waals surface area contributed by atoms with E-state index < -0.39 is 0 Å². The van der Waals surface area contributed by atoms with Crippen LogP contribution in [0.3, 0.4) is 0 Å². The van der Waals surface area contributed by atoms with Crippen molar-refractivity contribution in [1.82, 2.24) is 19.8 Å². The molecule has 0 bridgehead atoms. The molecule has 0 saturated heterocycles. The summed E-state index contributed by atoms with van der Waals surface area (Å²) < 4.78 is 6.77. The standard InChI is InChI=1S/C21H21N5O3S/c1-2-3-5-14-7-9-15(10-8-14)22-19(27)13-30-21-24-23-20(28)17-12-16(25-26(17)21)18-6-4-11-29-18/h4,6-12H,2-3,5,13H2,1H3,(H,22,27)(H,23,28). The van der Waals surface area contributed by atoms with Gasteiger partial charge in [-0.3, -0.25) is 9.59 Å². The normalized spacial score (nSPS) is 11.1. The molecule has 0 aliphatic carbocycles. The maximum Gasteiger partial charge on any atom is 0.290 e. The van der Waals surface area contributed by atoms with E-state index in [4.69, 9.17) is 4.42 Å². The molecule has 0 fully saturated rings. The minimum Gasteiger partial charge on any atom is -0.463 e. The predicted molar refractivity (Wildman–Crippen MR) is 116 cm³/mol. The van der Waals surface area contributed by atoms with Gasteiger partial charge in [-0.15, -0.1) is 5.10 Å². The van der Waals surface area contributed by atoms with Crippen molar-refractivity contribution < 1.29 is 9.21 Å². The lowest BCUT2D eigenvalue weighted by Crippen LogP contribution is -2.17. The minimum absolute atomic E-state index is 0.127. The van der Waals surface area contributed by atoms with E-state index in [1.807, 2.05) is 24.3 Å². The van der Waals surface area contributed by atoms with Crippen molar-refractivity contribution in [3.63, 3.8) is 0 Å². The van der Waals surface area contributed by atoms with Crippen molar-refractivity contribution in [2.45, 2.75) is 31.3 Å². The topological polar surface area (TPSA) is 105 Å². The number of aromatic nitrogens is 4. The van der Waals surface area contributed by atoms with Gasteiger partial charge in [-0.1, -0.05) is 37.2 Å². The lowest BCUT2D eigenvalue weighted by molar-refractivity contribution is -0.113. The van der Waals surface area contributed by atoms with Crippen LogP contribution < -0.4 is 10.9 Å². The van der Waals surface area contributed by atoms with Gasteiger partial charge in [0.25, 0.3) is 5.56 Å². The second-order valence-corrected chi connectivity index (χ2v) is 7.72. The van der Waals surface area contributed by atoms with Gasteiger partial charge in [0.2, 0.25) is 11.1 Å². The summed E-state index contributed by atoms with van der Waals surface area (Å²) in [5, 5.41) is 14.2. The number of rotatable bonds is 8. The number of aromatic amines is 1. The van der Waals surface area contributed by atoms with E-state index in [1.165, 1.54) is 28.1 Å². The van der Waals surface area contributed by atoms with Gasteiger partial charge in [-0.2, -0.15) is 5.10 Å². The highest BCUT2D eigenvalue weighted by molar-refractivity contribution is 7.99. The molecule has 0 unspecified atom stereocenters. The number of fused-ring (bicyclic) bond motifs is 1. The summed E-state index contributed by atoms with van der Waals surface area (Å²) in [6, 6.07) is 13.0. The zero-order chi connectivity index (χ0) is 20.9. The van der Waals surface area contributed by atoms with Crippen LogP contribution in [0.5, 0.6) is 0 Å². The molecule has 0 atom stereocenters. The van der Waals surface area contributed by atoms with Gasteiger partial charge in [0.1, 0.15) is 11.2 Å². The Morgan fingerprint density at radius 1 is 1.27 bits per heavy atom. The SMILES string of the molecule is CCCCc1ccc(NC(=O)CSc2n[nH]c(=O)c3cc(-c4ccco4)nn23)cc1. The third kappa shape index (κ3) is 4.46.